The van der Waals surface area contributed by atoms with E-state index >= 15 is 0 Å². The van der Waals surface area contributed by atoms with Gasteiger partial charge in [-0.05, 0) is 12.1 Å². The molecule has 7 heteroatoms. The average molecular weight is 227 g/mol. The summed E-state index contributed by atoms with van der Waals surface area (Å²) in [5.41, 5.74) is 0. The quantitative estimate of drug-likeness (QED) is 0.648. The van der Waals surface area contributed by atoms with E-state index in [-0.39, 0.29) is 5.76 Å². The zero-order valence-corrected chi connectivity index (χ0v) is 8.04. The minimum atomic E-state index is -1.48. The van der Waals surface area contributed by atoms with Crippen LogP contribution < -0.4 is 5.32 Å². The van der Waals surface area contributed by atoms with Crippen molar-refractivity contribution >= 4 is 17.8 Å². The van der Waals surface area contributed by atoms with Gasteiger partial charge in [-0.1, -0.05) is 0 Å². The third kappa shape index (κ3) is 3.12. The first-order chi connectivity index (χ1) is 7.50. The first kappa shape index (κ1) is 11.8. The molecule has 0 radical (unpaired) electrons. The first-order valence-corrected chi connectivity index (χ1v) is 4.29. The molecule has 0 spiro atoms. The SMILES string of the molecule is O=C(O)C[C@H](NC(=O)c1ccco1)C(=O)O. The highest BCUT2D eigenvalue weighted by atomic mass is 16.4. The molecule has 7 nitrogen and oxygen atoms in total. The number of nitrogens with one attached hydrogen (secondary N) is 1. The molecule has 0 saturated carbocycles. The number of carbonyl (C=O) groups is 3. The van der Waals surface area contributed by atoms with Crippen molar-refractivity contribution < 1.29 is 29.0 Å². The monoisotopic (exact) mass is 227 g/mol. The molecule has 0 aliphatic rings. The summed E-state index contributed by atoms with van der Waals surface area (Å²) in [5.74, 6) is -3.57. The van der Waals surface area contributed by atoms with Crippen LogP contribution in [0.3, 0.4) is 0 Å². The van der Waals surface area contributed by atoms with Crippen LogP contribution in [0.4, 0.5) is 0 Å². The summed E-state index contributed by atoms with van der Waals surface area (Å²) < 4.78 is 4.73. The molecule has 1 aromatic rings. The van der Waals surface area contributed by atoms with Crippen LogP contribution in [-0.2, 0) is 9.59 Å². The van der Waals surface area contributed by atoms with Crippen LogP contribution in [0, 0.1) is 0 Å². The van der Waals surface area contributed by atoms with Gasteiger partial charge in [-0.3, -0.25) is 9.59 Å². The molecule has 0 aliphatic carbocycles. The fraction of sp³-hybridized carbons (Fsp3) is 0.222. The minimum Gasteiger partial charge on any atom is -0.481 e. The van der Waals surface area contributed by atoms with Gasteiger partial charge in [0, 0.05) is 0 Å². The van der Waals surface area contributed by atoms with Crippen LogP contribution in [0.15, 0.2) is 22.8 Å². The molecule has 0 saturated heterocycles. The van der Waals surface area contributed by atoms with Crippen molar-refractivity contribution in [2.45, 2.75) is 12.5 Å². The van der Waals surface area contributed by atoms with Crippen LogP contribution in [-0.4, -0.2) is 34.1 Å². The van der Waals surface area contributed by atoms with Crippen LogP contribution in [0.1, 0.15) is 17.0 Å². The Bertz CT molecular complexity index is 396. The van der Waals surface area contributed by atoms with Gasteiger partial charge in [-0.25, -0.2) is 4.79 Å². The summed E-state index contributed by atoms with van der Waals surface area (Å²) in [6.07, 6.45) is 0.559. The molecule has 0 aliphatic heterocycles. The third-order valence-corrected chi connectivity index (χ3v) is 1.73. The predicted molar refractivity (Wildman–Crippen MR) is 49.9 cm³/mol. The second kappa shape index (κ2) is 4.96. The maximum atomic E-state index is 11.3. The van der Waals surface area contributed by atoms with Crippen molar-refractivity contribution in [3.05, 3.63) is 24.2 Å². The van der Waals surface area contributed by atoms with Crippen molar-refractivity contribution in [2.75, 3.05) is 0 Å². The van der Waals surface area contributed by atoms with Crippen molar-refractivity contribution in [1.29, 1.82) is 0 Å². The van der Waals surface area contributed by atoms with Gasteiger partial charge < -0.3 is 19.9 Å². The van der Waals surface area contributed by atoms with Crippen LogP contribution in [0.5, 0.6) is 0 Å². The Morgan fingerprint density at radius 2 is 2.06 bits per heavy atom. The molecule has 1 aromatic heterocycles. The Balaban J connectivity index is 2.65. The molecular weight excluding hydrogens is 218 g/mol. The lowest BCUT2D eigenvalue weighted by molar-refractivity contribution is -0.145. The maximum absolute atomic E-state index is 11.3. The molecule has 1 atom stereocenters. The number of hydrogen-bond acceptors (Lipinski definition) is 4. The molecular formula is C9H9NO6. The van der Waals surface area contributed by atoms with Gasteiger partial charge in [0.15, 0.2) is 5.76 Å². The molecule has 0 unspecified atom stereocenters. The largest absolute Gasteiger partial charge is 0.481 e. The number of rotatable bonds is 5. The number of amides is 1. The number of carbonyl (C=O) groups excluding carboxylic acids is 1. The third-order valence-electron chi connectivity index (χ3n) is 1.73. The van der Waals surface area contributed by atoms with Gasteiger partial charge in [-0.15, -0.1) is 0 Å². The summed E-state index contributed by atoms with van der Waals surface area (Å²) >= 11 is 0. The molecule has 16 heavy (non-hydrogen) atoms. The molecule has 86 valence electrons. The van der Waals surface area contributed by atoms with Crippen LogP contribution in [0.2, 0.25) is 0 Å². The molecule has 0 fully saturated rings. The molecule has 0 bridgehead atoms. The Hall–Kier alpha value is -2.31. The topological polar surface area (TPSA) is 117 Å². The zero-order valence-electron chi connectivity index (χ0n) is 8.04. The highest BCUT2D eigenvalue weighted by Crippen LogP contribution is 2.01. The van der Waals surface area contributed by atoms with Gasteiger partial charge in [0.1, 0.15) is 6.04 Å². The van der Waals surface area contributed by atoms with Gasteiger partial charge in [0.25, 0.3) is 5.91 Å². The second-order valence-corrected chi connectivity index (χ2v) is 2.94. The highest BCUT2D eigenvalue weighted by molar-refractivity contribution is 5.95. The van der Waals surface area contributed by atoms with E-state index in [0.717, 1.165) is 0 Å². The van der Waals surface area contributed by atoms with Crippen LogP contribution >= 0.6 is 0 Å². The summed E-state index contributed by atoms with van der Waals surface area (Å²) in [5, 5.41) is 19.1. The van der Waals surface area contributed by atoms with Gasteiger partial charge >= 0.3 is 11.9 Å². The summed E-state index contributed by atoms with van der Waals surface area (Å²) in [7, 11) is 0. The van der Waals surface area contributed by atoms with E-state index in [1.165, 1.54) is 18.4 Å². The Labute approximate surface area is 89.7 Å². The second-order valence-electron chi connectivity index (χ2n) is 2.94. The van der Waals surface area contributed by atoms with Crippen molar-refractivity contribution in [3.8, 4) is 0 Å². The van der Waals surface area contributed by atoms with Crippen molar-refractivity contribution in [3.63, 3.8) is 0 Å². The van der Waals surface area contributed by atoms with E-state index in [4.69, 9.17) is 14.6 Å². The summed E-state index contributed by atoms with van der Waals surface area (Å²) in [4.78, 5) is 32.3. The Kier molecular flexibility index (Phi) is 3.65. The van der Waals surface area contributed by atoms with E-state index < -0.39 is 30.3 Å². The number of furan rings is 1. The Morgan fingerprint density at radius 1 is 1.38 bits per heavy atom. The average Bonchev–Trinajstić information content (AvgIpc) is 2.68. The molecule has 1 amide bonds. The van der Waals surface area contributed by atoms with E-state index in [9.17, 15) is 14.4 Å². The molecule has 0 aromatic carbocycles. The molecule has 1 rings (SSSR count). The summed E-state index contributed by atoms with van der Waals surface area (Å²) in [6.45, 7) is 0. The van der Waals surface area contributed by atoms with Crippen molar-refractivity contribution in [1.82, 2.24) is 5.32 Å². The van der Waals surface area contributed by atoms with E-state index in [2.05, 4.69) is 0 Å². The lowest BCUT2D eigenvalue weighted by Gasteiger charge is -2.10. The number of carboxylic acids is 2. The lowest BCUT2D eigenvalue weighted by Crippen LogP contribution is -2.42. The van der Waals surface area contributed by atoms with Gasteiger partial charge in [0.05, 0.1) is 12.7 Å². The minimum absolute atomic E-state index is 0.0726. The fourth-order valence-corrected chi connectivity index (χ4v) is 1.01. The zero-order chi connectivity index (χ0) is 12.1. The fourth-order valence-electron chi connectivity index (χ4n) is 1.01. The van der Waals surface area contributed by atoms with Crippen LogP contribution in [0.25, 0.3) is 0 Å². The Morgan fingerprint density at radius 3 is 2.50 bits per heavy atom. The van der Waals surface area contributed by atoms with E-state index in [1.54, 1.807) is 0 Å². The van der Waals surface area contributed by atoms with E-state index in [1.807, 2.05) is 5.32 Å². The molecule has 3 N–H and O–H groups in total. The number of carboxylic acid groups (broad SMARTS) is 2. The summed E-state index contributed by atoms with van der Waals surface area (Å²) in [6, 6.07) is 1.33. The smallest absolute Gasteiger partial charge is 0.326 e. The standard InChI is InChI=1S/C9H9NO6/c11-7(12)4-5(9(14)15)10-8(13)6-2-1-3-16-6/h1-3,5H,4H2,(H,10,13)(H,11,12)(H,14,15)/t5-/m0/s1. The maximum Gasteiger partial charge on any atom is 0.326 e. The molecule has 1 heterocycles. The van der Waals surface area contributed by atoms with Gasteiger partial charge in [0.2, 0.25) is 0 Å². The highest BCUT2D eigenvalue weighted by Gasteiger charge is 2.24. The van der Waals surface area contributed by atoms with Gasteiger partial charge in [-0.2, -0.15) is 0 Å². The number of hydrogen-bond donors (Lipinski definition) is 3. The number of aliphatic carboxylic acids is 2. The van der Waals surface area contributed by atoms with E-state index in [0.29, 0.717) is 0 Å². The normalized spacial score (nSPS) is 11.8. The van der Waals surface area contributed by atoms with Crippen molar-refractivity contribution in [2.24, 2.45) is 0 Å². The lowest BCUT2D eigenvalue weighted by atomic mass is 10.2. The predicted octanol–water partition coefficient (Wildman–Crippen LogP) is -0.0627. The first-order valence-electron chi connectivity index (χ1n) is 4.29.